The van der Waals surface area contributed by atoms with Gasteiger partial charge in [-0.15, -0.1) is 0 Å². The van der Waals surface area contributed by atoms with Crippen molar-refractivity contribution in [2.24, 2.45) is 5.92 Å². The van der Waals surface area contributed by atoms with Gasteiger partial charge in [0.1, 0.15) is 0 Å². The van der Waals surface area contributed by atoms with Gasteiger partial charge in [-0.25, -0.2) is 0 Å². The van der Waals surface area contributed by atoms with Gasteiger partial charge in [0.05, 0.1) is 24.1 Å². The zero-order chi connectivity index (χ0) is 24.1. The molecule has 9 heteroatoms. The van der Waals surface area contributed by atoms with Crippen LogP contribution in [0.25, 0.3) is 12.2 Å². The molecule has 0 radical (unpaired) electrons. The maximum absolute atomic E-state index is 13.2. The number of methoxy groups -OCH3 is 2. The number of nitro benzene ring substituents is 2. The number of carbonyl (C=O) groups is 1. The predicted octanol–water partition coefficient (Wildman–Crippen LogP) is 5.38. The van der Waals surface area contributed by atoms with Crippen molar-refractivity contribution >= 4 is 29.3 Å². The topological polar surface area (TPSA) is 122 Å². The highest BCUT2D eigenvalue weighted by atomic mass is 16.6. The van der Waals surface area contributed by atoms with Crippen molar-refractivity contribution in [2.75, 3.05) is 14.2 Å². The SMILES string of the molecule is CCC1C/C(=C\c2ccc(OC)c([N+](=O)[O-])c2)C(=O)/C(=C/c2ccc(OC)c([N+](=O)[O-])c2)C1. The van der Waals surface area contributed by atoms with Gasteiger partial charge in [0.25, 0.3) is 0 Å². The van der Waals surface area contributed by atoms with Gasteiger partial charge in [-0.1, -0.05) is 25.5 Å². The van der Waals surface area contributed by atoms with Gasteiger partial charge in [-0.3, -0.25) is 25.0 Å². The first-order valence-electron chi connectivity index (χ1n) is 10.4. The van der Waals surface area contributed by atoms with E-state index < -0.39 is 9.85 Å². The van der Waals surface area contributed by atoms with E-state index in [4.69, 9.17) is 9.47 Å². The summed E-state index contributed by atoms with van der Waals surface area (Å²) >= 11 is 0. The summed E-state index contributed by atoms with van der Waals surface area (Å²) in [6, 6.07) is 9.09. The van der Waals surface area contributed by atoms with Crippen LogP contribution < -0.4 is 9.47 Å². The number of benzene rings is 2. The number of allylic oxidation sites excluding steroid dienone is 2. The Bertz CT molecular complexity index is 1080. The van der Waals surface area contributed by atoms with Crippen LogP contribution in [0, 0.1) is 26.1 Å². The lowest BCUT2D eigenvalue weighted by Gasteiger charge is -2.25. The maximum atomic E-state index is 13.2. The number of hydrogen-bond donors (Lipinski definition) is 0. The Balaban J connectivity index is 2.01. The molecule has 0 unspecified atom stereocenters. The normalized spacial score (nSPS) is 18.4. The van der Waals surface area contributed by atoms with Gasteiger partial charge in [-0.05, 0) is 54.2 Å². The fourth-order valence-electron chi connectivity index (χ4n) is 3.90. The number of hydrogen-bond acceptors (Lipinski definition) is 7. The highest BCUT2D eigenvalue weighted by Crippen LogP contribution is 2.36. The second-order valence-corrected chi connectivity index (χ2v) is 7.73. The van der Waals surface area contributed by atoms with E-state index in [1.807, 2.05) is 6.92 Å². The molecule has 0 N–H and O–H groups in total. The van der Waals surface area contributed by atoms with Gasteiger partial charge in [0.2, 0.25) is 0 Å². The Morgan fingerprint density at radius 2 is 1.30 bits per heavy atom. The van der Waals surface area contributed by atoms with Crippen LogP contribution in [0.15, 0.2) is 47.5 Å². The minimum Gasteiger partial charge on any atom is -0.490 e. The number of ether oxygens (including phenoxy) is 2. The van der Waals surface area contributed by atoms with Crippen molar-refractivity contribution in [2.45, 2.75) is 26.2 Å². The number of rotatable bonds is 7. The number of nitro groups is 2. The van der Waals surface area contributed by atoms with E-state index in [0.717, 1.165) is 6.42 Å². The Hall–Kier alpha value is -4.01. The summed E-state index contributed by atoms with van der Waals surface area (Å²) in [6.07, 6.45) is 5.28. The summed E-state index contributed by atoms with van der Waals surface area (Å²) in [5.41, 5.74) is 1.79. The van der Waals surface area contributed by atoms with Crippen LogP contribution in [-0.4, -0.2) is 29.8 Å². The van der Waals surface area contributed by atoms with Crippen LogP contribution in [0.4, 0.5) is 11.4 Å². The molecule has 1 aliphatic carbocycles. The van der Waals surface area contributed by atoms with Crippen molar-refractivity contribution in [1.29, 1.82) is 0 Å². The fraction of sp³-hybridized carbons (Fsp3) is 0.292. The quantitative estimate of drug-likeness (QED) is 0.314. The van der Waals surface area contributed by atoms with Gasteiger partial charge >= 0.3 is 11.4 Å². The Kier molecular flexibility index (Phi) is 7.22. The summed E-state index contributed by atoms with van der Waals surface area (Å²) in [4.78, 5) is 34.8. The molecule has 0 aromatic heterocycles. The standard InChI is InChI=1S/C24H24N2O7/c1-4-15-9-18(11-16-5-7-22(32-2)20(13-16)25(28)29)24(27)19(10-15)12-17-6-8-23(33-3)21(14-17)26(30)31/h5-8,11-15H,4,9-10H2,1-3H3/b18-11+,19-12+. The largest absolute Gasteiger partial charge is 0.490 e. The minimum absolute atomic E-state index is 0.144. The highest BCUT2D eigenvalue weighted by molar-refractivity contribution is 6.14. The average Bonchev–Trinajstić information content (AvgIpc) is 2.81. The van der Waals surface area contributed by atoms with Crippen LogP contribution in [0.5, 0.6) is 11.5 Å². The number of Topliss-reactive ketones (excluding diaryl/α,β-unsaturated/α-hetero) is 1. The molecule has 0 heterocycles. The van der Waals surface area contributed by atoms with Gasteiger partial charge < -0.3 is 9.47 Å². The first-order valence-corrected chi connectivity index (χ1v) is 10.4. The van der Waals surface area contributed by atoms with Gasteiger partial charge in [-0.2, -0.15) is 0 Å². The molecule has 172 valence electrons. The monoisotopic (exact) mass is 452 g/mol. The van der Waals surface area contributed by atoms with Crippen molar-refractivity contribution in [1.82, 2.24) is 0 Å². The van der Waals surface area contributed by atoms with E-state index in [1.54, 1.807) is 24.3 Å². The summed E-state index contributed by atoms with van der Waals surface area (Å²) < 4.78 is 10.1. The summed E-state index contributed by atoms with van der Waals surface area (Å²) in [6.45, 7) is 2.03. The van der Waals surface area contributed by atoms with Gasteiger partial charge in [0, 0.05) is 23.3 Å². The minimum atomic E-state index is -0.527. The maximum Gasteiger partial charge on any atom is 0.311 e. The lowest BCUT2D eigenvalue weighted by atomic mass is 9.78. The predicted molar refractivity (Wildman–Crippen MR) is 123 cm³/mol. The number of nitrogens with zero attached hydrogens (tertiary/aromatic N) is 2. The smallest absolute Gasteiger partial charge is 0.311 e. The molecule has 33 heavy (non-hydrogen) atoms. The number of carbonyl (C=O) groups excluding carboxylic acids is 1. The van der Waals surface area contributed by atoms with E-state index >= 15 is 0 Å². The third kappa shape index (κ3) is 5.25. The molecule has 2 aromatic carbocycles. The summed E-state index contributed by atoms with van der Waals surface area (Å²) in [5, 5.41) is 22.7. The van der Waals surface area contributed by atoms with E-state index in [1.165, 1.54) is 38.5 Å². The number of ketones is 1. The molecule has 0 spiro atoms. The summed E-state index contributed by atoms with van der Waals surface area (Å²) in [5.74, 6) is 0.328. The zero-order valence-electron chi connectivity index (χ0n) is 18.6. The molecule has 2 aromatic rings. The van der Waals surface area contributed by atoms with E-state index in [0.29, 0.717) is 35.1 Å². The van der Waals surface area contributed by atoms with Crippen LogP contribution in [0.2, 0.25) is 0 Å². The van der Waals surface area contributed by atoms with Crippen LogP contribution >= 0.6 is 0 Å². The third-order valence-corrected chi connectivity index (χ3v) is 5.66. The Labute approximate surface area is 190 Å². The van der Waals surface area contributed by atoms with Gasteiger partial charge in [0.15, 0.2) is 17.3 Å². The second-order valence-electron chi connectivity index (χ2n) is 7.73. The fourth-order valence-corrected chi connectivity index (χ4v) is 3.90. The van der Waals surface area contributed by atoms with Crippen molar-refractivity contribution in [3.05, 3.63) is 78.9 Å². The lowest BCUT2D eigenvalue weighted by Crippen LogP contribution is -2.19. The molecule has 0 atom stereocenters. The Morgan fingerprint density at radius 1 is 0.879 bits per heavy atom. The molecule has 3 rings (SSSR count). The van der Waals surface area contributed by atoms with E-state index in [-0.39, 0.29) is 34.6 Å². The second kappa shape index (κ2) is 10.1. The Morgan fingerprint density at radius 3 is 1.64 bits per heavy atom. The van der Waals surface area contributed by atoms with E-state index in [2.05, 4.69) is 0 Å². The molecule has 0 saturated heterocycles. The molecular formula is C24H24N2O7. The molecule has 0 bridgehead atoms. The lowest BCUT2D eigenvalue weighted by molar-refractivity contribution is -0.385. The molecule has 0 aliphatic heterocycles. The first-order chi connectivity index (χ1) is 15.8. The first kappa shape index (κ1) is 23.6. The van der Waals surface area contributed by atoms with Crippen molar-refractivity contribution in [3.8, 4) is 11.5 Å². The third-order valence-electron chi connectivity index (χ3n) is 5.66. The van der Waals surface area contributed by atoms with Crippen molar-refractivity contribution < 1.29 is 24.1 Å². The highest BCUT2D eigenvalue weighted by Gasteiger charge is 2.27. The molecule has 1 aliphatic rings. The van der Waals surface area contributed by atoms with Crippen LogP contribution in [0.1, 0.15) is 37.3 Å². The van der Waals surface area contributed by atoms with Crippen molar-refractivity contribution in [3.63, 3.8) is 0 Å². The van der Waals surface area contributed by atoms with Crippen LogP contribution in [-0.2, 0) is 4.79 Å². The molecule has 1 fully saturated rings. The molecule has 0 amide bonds. The van der Waals surface area contributed by atoms with E-state index in [9.17, 15) is 25.0 Å². The molecular weight excluding hydrogens is 428 g/mol. The van der Waals surface area contributed by atoms with Crippen LogP contribution in [0.3, 0.4) is 0 Å². The molecule has 1 saturated carbocycles. The zero-order valence-corrected chi connectivity index (χ0v) is 18.6. The molecule has 9 nitrogen and oxygen atoms in total. The summed E-state index contributed by atoms with van der Waals surface area (Å²) in [7, 11) is 2.72. The average molecular weight is 452 g/mol.